The second-order valence-electron chi connectivity index (χ2n) is 11.4. The lowest BCUT2D eigenvalue weighted by molar-refractivity contribution is -0.152. The fraction of sp³-hybridized carbons (Fsp3) is 0.394. The van der Waals surface area contributed by atoms with Crippen molar-refractivity contribution < 1.29 is 24.3 Å². The van der Waals surface area contributed by atoms with Gasteiger partial charge >= 0.3 is 5.97 Å². The number of carbonyl (C=O) groups excluding carboxylic acids is 3. The quantitative estimate of drug-likeness (QED) is 0.343. The van der Waals surface area contributed by atoms with Crippen molar-refractivity contribution in [3.8, 4) is 0 Å². The van der Waals surface area contributed by atoms with Crippen molar-refractivity contribution in [1.29, 1.82) is 0 Å². The number of nitrogens with one attached hydrogen (secondary N) is 1. The number of carboxylic acid groups (broad SMARTS) is 1. The van der Waals surface area contributed by atoms with Gasteiger partial charge in [0.25, 0.3) is 0 Å². The summed E-state index contributed by atoms with van der Waals surface area (Å²) >= 11 is 0. The molecule has 42 heavy (non-hydrogen) atoms. The second-order valence-corrected chi connectivity index (χ2v) is 11.4. The van der Waals surface area contributed by atoms with Crippen LogP contribution in [0.2, 0.25) is 0 Å². The highest BCUT2D eigenvalue weighted by molar-refractivity contribution is 5.94. The van der Waals surface area contributed by atoms with Crippen LogP contribution in [-0.4, -0.2) is 75.9 Å². The summed E-state index contributed by atoms with van der Waals surface area (Å²) in [5.74, 6) is -2.02. The molecule has 0 aromatic heterocycles. The summed E-state index contributed by atoms with van der Waals surface area (Å²) < 4.78 is 0. The molecule has 4 atom stereocenters. The highest BCUT2D eigenvalue weighted by Gasteiger charge is 2.43. The Morgan fingerprint density at radius 3 is 2.21 bits per heavy atom. The van der Waals surface area contributed by atoms with E-state index in [1.807, 2.05) is 72.8 Å². The normalized spacial score (nSPS) is 19.9. The summed E-state index contributed by atoms with van der Waals surface area (Å²) in [6, 6.07) is 20.7. The number of rotatable bonds is 10. The highest BCUT2D eigenvalue weighted by atomic mass is 16.4. The van der Waals surface area contributed by atoms with Crippen LogP contribution >= 0.6 is 0 Å². The number of hydrogen-bond donors (Lipinski definition) is 3. The number of likely N-dealkylation sites (tertiary alicyclic amines) is 2. The van der Waals surface area contributed by atoms with E-state index in [9.17, 15) is 24.3 Å². The topological polar surface area (TPSA) is 133 Å². The monoisotopic (exact) mass is 570 g/mol. The number of carbonyl (C=O) groups is 4. The number of aliphatic carboxylic acids is 1. The summed E-state index contributed by atoms with van der Waals surface area (Å²) in [4.78, 5) is 55.5. The zero-order valence-corrected chi connectivity index (χ0v) is 23.7. The van der Waals surface area contributed by atoms with Crippen molar-refractivity contribution in [3.05, 3.63) is 83.9 Å². The van der Waals surface area contributed by atoms with Gasteiger partial charge in [-0.25, -0.2) is 4.79 Å². The van der Waals surface area contributed by atoms with Crippen LogP contribution in [0.5, 0.6) is 0 Å². The third-order valence-electron chi connectivity index (χ3n) is 8.32. The van der Waals surface area contributed by atoms with Gasteiger partial charge in [-0.15, -0.1) is 0 Å². The molecule has 3 aromatic carbocycles. The van der Waals surface area contributed by atoms with Gasteiger partial charge in [0.2, 0.25) is 17.7 Å². The van der Waals surface area contributed by atoms with Crippen LogP contribution in [0.3, 0.4) is 0 Å². The SMILES string of the molecule is N[C@H](CC(=O)N[C@@H](Cc1ccc2ccccc2c1)C(=O)N1CCC[C@H]1C(=O)N1CCC[C@H]1C(=O)O)Cc1ccccc1. The molecule has 9 nitrogen and oxygen atoms in total. The first-order valence-corrected chi connectivity index (χ1v) is 14.7. The standard InChI is InChI=1S/C33H38N4O5/c34-26(19-22-8-2-1-3-9-22)21-30(38)35-27(20-23-14-15-24-10-4-5-11-25(24)18-23)31(39)36-16-6-12-28(36)32(40)37-17-7-13-29(37)33(41)42/h1-5,8-11,14-15,18,26-29H,6-7,12-13,16-17,19-21,34H2,(H,35,38)(H,41,42)/t26-,27-,28-,29-/m0/s1. The zero-order valence-electron chi connectivity index (χ0n) is 23.7. The van der Waals surface area contributed by atoms with Crippen molar-refractivity contribution in [2.45, 2.75) is 69.1 Å². The largest absolute Gasteiger partial charge is 0.480 e. The first-order valence-electron chi connectivity index (χ1n) is 14.7. The third kappa shape index (κ3) is 6.79. The van der Waals surface area contributed by atoms with E-state index in [0.717, 1.165) is 21.9 Å². The molecule has 3 amide bonds. The van der Waals surface area contributed by atoms with Gasteiger partial charge in [0.05, 0.1) is 0 Å². The van der Waals surface area contributed by atoms with Gasteiger partial charge in [-0.05, 0) is 54.0 Å². The predicted molar refractivity (Wildman–Crippen MR) is 159 cm³/mol. The van der Waals surface area contributed by atoms with Crippen molar-refractivity contribution in [2.75, 3.05) is 13.1 Å². The molecule has 9 heteroatoms. The molecule has 0 aliphatic carbocycles. The van der Waals surface area contributed by atoms with Crippen LogP contribution in [0, 0.1) is 0 Å². The van der Waals surface area contributed by atoms with E-state index in [0.29, 0.717) is 45.2 Å². The van der Waals surface area contributed by atoms with E-state index in [2.05, 4.69) is 5.32 Å². The van der Waals surface area contributed by atoms with Crippen LogP contribution in [0.1, 0.15) is 43.2 Å². The number of nitrogens with two attached hydrogens (primary N) is 1. The molecular formula is C33H38N4O5. The summed E-state index contributed by atoms with van der Waals surface area (Å²) in [5, 5.41) is 14.6. The average Bonchev–Trinajstić information content (AvgIpc) is 3.67. The van der Waals surface area contributed by atoms with Gasteiger partial charge < -0.3 is 26.0 Å². The molecule has 220 valence electrons. The van der Waals surface area contributed by atoms with Crippen LogP contribution in [-0.2, 0) is 32.0 Å². The lowest BCUT2D eigenvalue weighted by Crippen LogP contribution is -2.56. The molecule has 0 radical (unpaired) electrons. The number of fused-ring (bicyclic) bond motifs is 1. The van der Waals surface area contributed by atoms with Gasteiger partial charge in [0.1, 0.15) is 18.1 Å². The minimum absolute atomic E-state index is 0.0484. The molecule has 2 fully saturated rings. The van der Waals surface area contributed by atoms with Crippen molar-refractivity contribution in [1.82, 2.24) is 15.1 Å². The van der Waals surface area contributed by atoms with Crippen LogP contribution in [0.25, 0.3) is 10.8 Å². The molecule has 3 aromatic rings. The Labute approximate surface area is 245 Å². The van der Waals surface area contributed by atoms with Gasteiger partial charge in [0, 0.05) is 32.0 Å². The van der Waals surface area contributed by atoms with E-state index in [4.69, 9.17) is 5.73 Å². The number of carboxylic acids is 1. The molecule has 0 bridgehead atoms. The highest BCUT2D eigenvalue weighted by Crippen LogP contribution is 2.26. The summed E-state index contributed by atoms with van der Waals surface area (Å²) in [6.07, 6.45) is 2.95. The number of amides is 3. The molecule has 0 unspecified atom stereocenters. The smallest absolute Gasteiger partial charge is 0.326 e. The Balaban J connectivity index is 1.34. The fourth-order valence-corrected chi connectivity index (χ4v) is 6.25. The maximum absolute atomic E-state index is 14.1. The second kappa shape index (κ2) is 13.2. The average molecular weight is 571 g/mol. The van der Waals surface area contributed by atoms with Crippen molar-refractivity contribution >= 4 is 34.5 Å². The summed E-state index contributed by atoms with van der Waals surface area (Å²) in [6.45, 7) is 0.739. The van der Waals surface area contributed by atoms with Gasteiger partial charge in [-0.1, -0.05) is 72.8 Å². The molecular weight excluding hydrogens is 532 g/mol. The van der Waals surface area contributed by atoms with Crippen LogP contribution < -0.4 is 11.1 Å². The van der Waals surface area contributed by atoms with Crippen molar-refractivity contribution in [2.24, 2.45) is 5.73 Å². The molecule has 2 heterocycles. The van der Waals surface area contributed by atoms with E-state index >= 15 is 0 Å². The minimum atomic E-state index is -1.02. The number of benzene rings is 3. The van der Waals surface area contributed by atoms with E-state index in [-0.39, 0.29) is 30.6 Å². The zero-order chi connectivity index (χ0) is 29.6. The van der Waals surface area contributed by atoms with Gasteiger partial charge in [-0.2, -0.15) is 0 Å². The fourth-order valence-electron chi connectivity index (χ4n) is 6.25. The summed E-state index contributed by atoms with van der Waals surface area (Å²) in [7, 11) is 0. The Kier molecular flexibility index (Phi) is 9.17. The molecule has 0 spiro atoms. The molecule has 2 aliphatic heterocycles. The maximum atomic E-state index is 14.1. The van der Waals surface area contributed by atoms with E-state index < -0.39 is 30.1 Å². The molecule has 2 aliphatic rings. The minimum Gasteiger partial charge on any atom is -0.480 e. The molecule has 0 saturated carbocycles. The predicted octanol–water partition coefficient (Wildman–Crippen LogP) is 2.89. The lowest BCUT2D eigenvalue weighted by Gasteiger charge is -2.32. The van der Waals surface area contributed by atoms with Crippen molar-refractivity contribution in [3.63, 3.8) is 0 Å². The first kappa shape index (κ1) is 29.3. The number of nitrogens with zero attached hydrogens (tertiary/aromatic N) is 2. The number of hydrogen-bond acceptors (Lipinski definition) is 5. The first-order chi connectivity index (χ1) is 20.3. The maximum Gasteiger partial charge on any atom is 0.326 e. The van der Waals surface area contributed by atoms with Gasteiger partial charge in [-0.3, -0.25) is 14.4 Å². The molecule has 5 rings (SSSR count). The molecule has 4 N–H and O–H groups in total. The Morgan fingerprint density at radius 1 is 0.810 bits per heavy atom. The summed E-state index contributed by atoms with van der Waals surface area (Å²) in [5.41, 5.74) is 8.22. The van der Waals surface area contributed by atoms with Crippen LogP contribution in [0.15, 0.2) is 72.8 Å². The van der Waals surface area contributed by atoms with Gasteiger partial charge in [0.15, 0.2) is 0 Å². The van der Waals surface area contributed by atoms with Crippen LogP contribution in [0.4, 0.5) is 0 Å². The Hall–Kier alpha value is -4.24. The van der Waals surface area contributed by atoms with E-state index in [1.54, 1.807) is 0 Å². The Morgan fingerprint density at radius 2 is 1.48 bits per heavy atom. The lowest BCUT2D eigenvalue weighted by atomic mass is 9.99. The Bertz CT molecular complexity index is 1440. The van der Waals surface area contributed by atoms with E-state index in [1.165, 1.54) is 9.80 Å². The third-order valence-corrected chi connectivity index (χ3v) is 8.32. The molecule has 2 saturated heterocycles.